The highest BCUT2D eigenvalue weighted by atomic mass is 35.5. The maximum Gasteiger partial charge on any atom is 0.152 e. The summed E-state index contributed by atoms with van der Waals surface area (Å²) in [5.41, 5.74) is 3.84. The van der Waals surface area contributed by atoms with Gasteiger partial charge in [-0.25, -0.2) is 0 Å². The summed E-state index contributed by atoms with van der Waals surface area (Å²) in [5, 5.41) is 2.89. The van der Waals surface area contributed by atoms with Crippen LogP contribution in [0.1, 0.15) is 34.0 Å². The Kier molecular flexibility index (Phi) is 5.22. The molecule has 4 heteroatoms. The van der Waals surface area contributed by atoms with Crippen molar-refractivity contribution < 1.29 is 4.79 Å². The second-order valence-electron chi connectivity index (χ2n) is 5.79. The van der Waals surface area contributed by atoms with Crippen molar-refractivity contribution in [3.05, 3.63) is 74.8 Å². The molecule has 0 aliphatic heterocycles. The molecule has 2 nitrogen and oxygen atoms in total. The van der Waals surface area contributed by atoms with Gasteiger partial charge in [0.25, 0.3) is 0 Å². The van der Waals surface area contributed by atoms with Crippen LogP contribution in [0.15, 0.2) is 47.5 Å². The van der Waals surface area contributed by atoms with Crippen molar-refractivity contribution in [2.45, 2.75) is 20.3 Å². The van der Waals surface area contributed by atoms with E-state index in [1.165, 1.54) is 0 Å². The van der Waals surface area contributed by atoms with Gasteiger partial charge in [-0.1, -0.05) is 66.5 Å². The van der Waals surface area contributed by atoms with E-state index in [4.69, 9.17) is 23.2 Å². The summed E-state index contributed by atoms with van der Waals surface area (Å²) in [4.78, 5) is 16.2. The van der Waals surface area contributed by atoms with E-state index in [2.05, 4.69) is 4.99 Å². The molecule has 0 bridgehead atoms. The SMILES string of the molecule is CCc1c(C)c(Cl)c(Cl)c(C=O)c1/C=N/c1cccc2ccccc12. The Morgan fingerprint density at radius 2 is 1.72 bits per heavy atom. The molecular weight excluding hydrogens is 353 g/mol. The summed E-state index contributed by atoms with van der Waals surface area (Å²) in [6.45, 7) is 3.94. The Hall–Kier alpha value is -2.16. The van der Waals surface area contributed by atoms with Crippen molar-refractivity contribution in [3.8, 4) is 0 Å². The molecule has 0 aromatic heterocycles. The molecule has 3 rings (SSSR count). The Morgan fingerprint density at radius 1 is 1.00 bits per heavy atom. The number of benzene rings is 3. The first kappa shape index (κ1) is 17.7. The molecule has 0 amide bonds. The number of carbonyl (C=O) groups is 1. The Morgan fingerprint density at radius 3 is 2.44 bits per heavy atom. The molecule has 0 spiro atoms. The third-order valence-electron chi connectivity index (χ3n) is 4.40. The number of halogens is 2. The lowest BCUT2D eigenvalue weighted by molar-refractivity contribution is 0.112. The van der Waals surface area contributed by atoms with Gasteiger partial charge in [0.1, 0.15) is 0 Å². The topological polar surface area (TPSA) is 29.4 Å². The second-order valence-corrected chi connectivity index (χ2v) is 6.54. The van der Waals surface area contributed by atoms with Crippen LogP contribution in [-0.4, -0.2) is 12.5 Å². The van der Waals surface area contributed by atoms with Crippen molar-refractivity contribution in [1.82, 2.24) is 0 Å². The zero-order valence-electron chi connectivity index (χ0n) is 14.0. The predicted octanol–water partition coefficient (Wildman–Crippen LogP) is 6.58. The van der Waals surface area contributed by atoms with E-state index in [1.54, 1.807) is 6.21 Å². The van der Waals surface area contributed by atoms with Crippen molar-refractivity contribution in [3.63, 3.8) is 0 Å². The third-order valence-corrected chi connectivity index (χ3v) is 5.36. The Balaban J connectivity index is 2.20. The molecular formula is C21H17Cl2NO. The first-order valence-corrected chi connectivity index (χ1v) is 8.81. The van der Waals surface area contributed by atoms with E-state index in [1.807, 2.05) is 56.3 Å². The summed E-state index contributed by atoms with van der Waals surface area (Å²) in [6.07, 6.45) is 3.21. The summed E-state index contributed by atoms with van der Waals surface area (Å²) in [6, 6.07) is 14.0. The minimum atomic E-state index is 0.283. The van der Waals surface area contributed by atoms with Crippen LogP contribution in [0.3, 0.4) is 0 Å². The highest BCUT2D eigenvalue weighted by molar-refractivity contribution is 6.44. The number of fused-ring (bicyclic) bond motifs is 1. The van der Waals surface area contributed by atoms with Crippen LogP contribution >= 0.6 is 23.2 Å². The van der Waals surface area contributed by atoms with Crippen molar-refractivity contribution in [2.75, 3.05) is 0 Å². The summed E-state index contributed by atoms with van der Waals surface area (Å²) in [7, 11) is 0. The van der Waals surface area contributed by atoms with Gasteiger partial charge in [0.2, 0.25) is 0 Å². The number of carbonyl (C=O) groups excluding carboxylic acids is 1. The van der Waals surface area contributed by atoms with Gasteiger partial charge >= 0.3 is 0 Å². The van der Waals surface area contributed by atoms with Gasteiger partial charge in [-0.3, -0.25) is 9.79 Å². The van der Waals surface area contributed by atoms with Gasteiger partial charge in [-0.05, 0) is 35.9 Å². The molecule has 0 N–H and O–H groups in total. The van der Waals surface area contributed by atoms with Gasteiger partial charge in [-0.2, -0.15) is 0 Å². The third kappa shape index (κ3) is 3.20. The van der Waals surface area contributed by atoms with Gasteiger partial charge < -0.3 is 0 Å². The van der Waals surface area contributed by atoms with Crippen molar-refractivity contribution in [1.29, 1.82) is 0 Å². The molecule has 0 fully saturated rings. The molecule has 0 aliphatic carbocycles. The summed E-state index contributed by atoms with van der Waals surface area (Å²) < 4.78 is 0. The van der Waals surface area contributed by atoms with Crippen LogP contribution in [0.25, 0.3) is 10.8 Å². The highest BCUT2D eigenvalue weighted by Crippen LogP contribution is 2.35. The highest BCUT2D eigenvalue weighted by Gasteiger charge is 2.17. The number of rotatable bonds is 4. The van der Waals surface area contributed by atoms with E-state index >= 15 is 0 Å². The molecule has 0 radical (unpaired) electrons. The van der Waals surface area contributed by atoms with Crippen molar-refractivity contribution in [2.24, 2.45) is 4.99 Å². The molecule has 0 saturated heterocycles. The molecule has 0 heterocycles. The fraction of sp³-hybridized carbons (Fsp3) is 0.143. The number of aliphatic imine (C=N–C) groups is 1. The van der Waals surface area contributed by atoms with Gasteiger partial charge in [-0.15, -0.1) is 0 Å². The number of aldehydes is 1. The second kappa shape index (κ2) is 7.38. The van der Waals surface area contributed by atoms with E-state index in [0.29, 0.717) is 10.6 Å². The van der Waals surface area contributed by atoms with Gasteiger partial charge in [0, 0.05) is 22.7 Å². The summed E-state index contributed by atoms with van der Waals surface area (Å²) >= 11 is 12.6. The first-order chi connectivity index (χ1) is 12.1. The number of hydrogen-bond acceptors (Lipinski definition) is 2. The number of nitrogens with zero attached hydrogens (tertiary/aromatic N) is 1. The van der Waals surface area contributed by atoms with Crippen LogP contribution in [0.2, 0.25) is 10.0 Å². The molecule has 126 valence electrons. The Bertz CT molecular complexity index is 988. The first-order valence-electron chi connectivity index (χ1n) is 8.05. The van der Waals surface area contributed by atoms with E-state index in [0.717, 1.165) is 45.9 Å². The summed E-state index contributed by atoms with van der Waals surface area (Å²) in [5.74, 6) is 0. The predicted molar refractivity (Wildman–Crippen MR) is 107 cm³/mol. The quantitative estimate of drug-likeness (QED) is 0.377. The fourth-order valence-corrected chi connectivity index (χ4v) is 3.58. The zero-order chi connectivity index (χ0) is 18.0. The number of hydrogen-bond donors (Lipinski definition) is 0. The molecule has 0 saturated carbocycles. The van der Waals surface area contributed by atoms with E-state index in [9.17, 15) is 4.79 Å². The molecule has 0 atom stereocenters. The fourth-order valence-electron chi connectivity index (χ4n) is 3.07. The van der Waals surface area contributed by atoms with E-state index < -0.39 is 0 Å². The van der Waals surface area contributed by atoms with Gasteiger partial charge in [0.15, 0.2) is 6.29 Å². The van der Waals surface area contributed by atoms with Gasteiger partial charge in [0.05, 0.1) is 15.7 Å². The van der Waals surface area contributed by atoms with Crippen LogP contribution in [-0.2, 0) is 6.42 Å². The maximum absolute atomic E-state index is 11.6. The monoisotopic (exact) mass is 369 g/mol. The normalized spacial score (nSPS) is 11.4. The lowest BCUT2D eigenvalue weighted by Gasteiger charge is -2.14. The van der Waals surface area contributed by atoms with Crippen LogP contribution in [0.4, 0.5) is 5.69 Å². The van der Waals surface area contributed by atoms with Crippen LogP contribution < -0.4 is 0 Å². The molecule has 3 aromatic rings. The standard InChI is InChI=1S/C21H17Cl2NO/c1-3-15-13(2)20(22)21(23)18(12-25)17(15)11-24-19-10-6-8-14-7-4-5-9-16(14)19/h4-12H,3H2,1-2H3/b24-11+. The zero-order valence-corrected chi connectivity index (χ0v) is 15.5. The smallest absolute Gasteiger partial charge is 0.152 e. The van der Waals surface area contributed by atoms with Crippen molar-refractivity contribution >= 4 is 52.2 Å². The van der Waals surface area contributed by atoms with E-state index in [-0.39, 0.29) is 5.02 Å². The minimum absolute atomic E-state index is 0.283. The molecule has 25 heavy (non-hydrogen) atoms. The lowest BCUT2D eigenvalue weighted by Crippen LogP contribution is -2.03. The van der Waals surface area contributed by atoms with Crippen LogP contribution in [0, 0.1) is 6.92 Å². The van der Waals surface area contributed by atoms with Crippen LogP contribution in [0.5, 0.6) is 0 Å². The average Bonchev–Trinajstić information content (AvgIpc) is 2.64. The molecule has 3 aromatic carbocycles. The molecule has 0 aliphatic rings. The largest absolute Gasteiger partial charge is 0.298 e. The Labute approximate surface area is 157 Å². The molecule has 0 unspecified atom stereocenters. The lowest BCUT2D eigenvalue weighted by atomic mass is 9.95. The average molecular weight is 370 g/mol. The maximum atomic E-state index is 11.6. The minimum Gasteiger partial charge on any atom is -0.298 e.